The molecule has 0 saturated heterocycles. The van der Waals surface area contributed by atoms with E-state index < -0.39 is 5.76 Å². The van der Waals surface area contributed by atoms with Gasteiger partial charge in [0.1, 0.15) is 0 Å². The molecule has 0 N–H and O–H groups in total. The Hall–Kier alpha value is -2.89. The van der Waals surface area contributed by atoms with Crippen LogP contribution in [0.4, 0.5) is 0 Å². The number of amides is 1. The summed E-state index contributed by atoms with van der Waals surface area (Å²) in [6.07, 6.45) is 5.85. The lowest BCUT2D eigenvalue weighted by molar-refractivity contribution is -0.132. The molecule has 0 bridgehead atoms. The van der Waals surface area contributed by atoms with Crippen molar-refractivity contribution < 1.29 is 9.21 Å². The fourth-order valence-corrected chi connectivity index (χ4v) is 3.07. The maximum atomic E-state index is 12.7. The number of aryl methyl sites for hydroxylation is 1. The molecule has 6 heteroatoms. The second kappa shape index (κ2) is 6.55. The first-order valence-corrected chi connectivity index (χ1v) is 8.49. The van der Waals surface area contributed by atoms with Crippen molar-refractivity contribution >= 4 is 17.0 Å². The van der Waals surface area contributed by atoms with E-state index >= 15 is 0 Å². The fourth-order valence-electron chi connectivity index (χ4n) is 3.07. The average molecular weight is 337 g/mol. The van der Waals surface area contributed by atoms with Crippen molar-refractivity contribution in [2.75, 3.05) is 0 Å². The van der Waals surface area contributed by atoms with Gasteiger partial charge in [-0.25, -0.2) is 4.79 Å². The number of para-hydroxylation sites is 2. The Kier molecular flexibility index (Phi) is 4.09. The predicted octanol–water partition coefficient (Wildman–Crippen LogP) is 2.57. The zero-order chi connectivity index (χ0) is 17.2. The van der Waals surface area contributed by atoms with Crippen LogP contribution in [-0.4, -0.2) is 26.4 Å². The van der Waals surface area contributed by atoms with Crippen molar-refractivity contribution in [1.29, 1.82) is 0 Å². The van der Waals surface area contributed by atoms with Gasteiger partial charge in [-0.1, -0.05) is 12.1 Å². The van der Waals surface area contributed by atoms with Gasteiger partial charge in [-0.3, -0.25) is 14.3 Å². The lowest BCUT2D eigenvalue weighted by Crippen LogP contribution is -2.33. The lowest BCUT2D eigenvalue weighted by atomic mass is 10.2. The monoisotopic (exact) mass is 337 g/mol. The minimum absolute atomic E-state index is 0.0662. The number of nitrogens with zero attached hydrogens (tertiary/aromatic N) is 3. The molecule has 128 valence electrons. The van der Waals surface area contributed by atoms with E-state index in [-0.39, 0.29) is 12.3 Å². The van der Waals surface area contributed by atoms with E-state index in [9.17, 15) is 9.59 Å². The van der Waals surface area contributed by atoms with Gasteiger partial charge in [-0.05, 0) is 42.7 Å². The Morgan fingerprint density at radius 3 is 2.72 bits per heavy atom. The van der Waals surface area contributed by atoms with Gasteiger partial charge in [0.25, 0.3) is 0 Å². The molecule has 0 spiro atoms. The summed E-state index contributed by atoms with van der Waals surface area (Å²) in [6.45, 7) is 0.918. The molecule has 0 radical (unpaired) electrons. The molecule has 1 amide bonds. The van der Waals surface area contributed by atoms with Gasteiger partial charge in [0.2, 0.25) is 5.91 Å². The number of carbonyl (C=O) groups excluding carboxylic acids is 1. The molecular formula is C19H19N3O3. The first-order chi connectivity index (χ1) is 12.2. The highest BCUT2D eigenvalue weighted by Crippen LogP contribution is 2.29. The quantitative estimate of drug-likeness (QED) is 0.693. The Balaban J connectivity index is 1.48. The van der Waals surface area contributed by atoms with Crippen molar-refractivity contribution in [2.45, 2.75) is 38.4 Å². The maximum Gasteiger partial charge on any atom is 0.419 e. The number of aromatic nitrogens is 2. The number of benzene rings is 1. The Bertz CT molecular complexity index is 941. The molecule has 2 aromatic heterocycles. The van der Waals surface area contributed by atoms with Crippen LogP contribution in [0, 0.1) is 0 Å². The first kappa shape index (κ1) is 15.6. The summed E-state index contributed by atoms with van der Waals surface area (Å²) in [5.74, 6) is -0.349. The number of rotatable bonds is 6. The molecule has 1 fully saturated rings. The standard InChI is InChI=1S/C19H19N3O3/c23-18(22(15-5-6-15)13-14-7-10-20-11-8-14)9-12-21-16-3-1-2-4-17(16)25-19(21)24/h1-4,7-8,10-11,15H,5-6,9,12-13H2. The highest BCUT2D eigenvalue weighted by atomic mass is 16.4. The number of fused-ring (bicyclic) bond motifs is 1. The SMILES string of the molecule is O=C(CCn1c(=O)oc2ccccc21)N(Cc1ccncc1)C1CC1. The fraction of sp³-hybridized carbons (Fsp3) is 0.316. The smallest absolute Gasteiger partial charge is 0.408 e. The summed E-state index contributed by atoms with van der Waals surface area (Å²) in [5, 5.41) is 0. The zero-order valence-electron chi connectivity index (χ0n) is 13.8. The summed E-state index contributed by atoms with van der Waals surface area (Å²) in [5.41, 5.74) is 2.35. The van der Waals surface area contributed by atoms with Gasteiger partial charge in [-0.15, -0.1) is 0 Å². The number of hydrogen-bond donors (Lipinski definition) is 0. The third-order valence-corrected chi connectivity index (χ3v) is 4.53. The first-order valence-electron chi connectivity index (χ1n) is 8.49. The van der Waals surface area contributed by atoms with Crippen molar-refractivity contribution in [2.24, 2.45) is 0 Å². The maximum absolute atomic E-state index is 12.7. The van der Waals surface area contributed by atoms with Crippen molar-refractivity contribution in [3.05, 3.63) is 64.9 Å². The van der Waals surface area contributed by atoms with Crippen LogP contribution < -0.4 is 5.76 Å². The molecule has 1 aromatic carbocycles. The zero-order valence-corrected chi connectivity index (χ0v) is 13.8. The number of oxazole rings is 1. The highest BCUT2D eigenvalue weighted by molar-refractivity contribution is 5.77. The van der Waals surface area contributed by atoms with E-state index in [0.717, 1.165) is 23.9 Å². The van der Waals surface area contributed by atoms with Crippen molar-refractivity contribution in [1.82, 2.24) is 14.5 Å². The molecule has 1 aliphatic carbocycles. The van der Waals surface area contributed by atoms with Crippen LogP contribution >= 0.6 is 0 Å². The largest absolute Gasteiger partial charge is 0.419 e. The lowest BCUT2D eigenvalue weighted by Gasteiger charge is -2.22. The molecule has 2 heterocycles. The minimum atomic E-state index is -0.416. The Morgan fingerprint density at radius 1 is 1.20 bits per heavy atom. The molecule has 25 heavy (non-hydrogen) atoms. The molecule has 1 saturated carbocycles. The van der Waals surface area contributed by atoms with Crippen LogP contribution in [0.2, 0.25) is 0 Å². The molecule has 3 aromatic rings. The highest BCUT2D eigenvalue weighted by Gasteiger charge is 2.32. The molecule has 0 aliphatic heterocycles. The van der Waals surface area contributed by atoms with Crippen molar-refractivity contribution in [3.8, 4) is 0 Å². The second-order valence-electron chi connectivity index (χ2n) is 6.35. The summed E-state index contributed by atoms with van der Waals surface area (Å²) >= 11 is 0. The topological polar surface area (TPSA) is 68.3 Å². The molecule has 0 unspecified atom stereocenters. The normalized spacial score (nSPS) is 13.9. The summed E-state index contributed by atoms with van der Waals surface area (Å²) < 4.78 is 6.76. The van der Waals surface area contributed by atoms with Crippen LogP contribution in [0.5, 0.6) is 0 Å². The molecule has 0 atom stereocenters. The third kappa shape index (κ3) is 3.33. The van der Waals surface area contributed by atoms with Gasteiger partial charge in [-0.2, -0.15) is 0 Å². The second-order valence-corrected chi connectivity index (χ2v) is 6.35. The van der Waals surface area contributed by atoms with E-state index in [0.29, 0.717) is 24.7 Å². The summed E-state index contributed by atoms with van der Waals surface area (Å²) in [4.78, 5) is 30.7. The number of pyridine rings is 1. The van der Waals surface area contributed by atoms with E-state index in [2.05, 4.69) is 4.98 Å². The average Bonchev–Trinajstić information content (AvgIpc) is 3.42. The van der Waals surface area contributed by atoms with Gasteiger partial charge in [0.15, 0.2) is 5.58 Å². The predicted molar refractivity (Wildman–Crippen MR) is 92.9 cm³/mol. The Labute approximate surface area is 144 Å². The van der Waals surface area contributed by atoms with Crippen molar-refractivity contribution in [3.63, 3.8) is 0 Å². The van der Waals surface area contributed by atoms with E-state index in [1.54, 1.807) is 18.5 Å². The van der Waals surface area contributed by atoms with Crippen LogP contribution in [0.1, 0.15) is 24.8 Å². The molecule has 4 rings (SSSR count). The van der Waals surface area contributed by atoms with Gasteiger partial charge >= 0.3 is 5.76 Å². The molecule has 1 aliphatic rings. The van der Waals surface area contributed by atoms with Crippen LogP contribution in [0.3, 0.4) is 0 Å². The molecule has 6 nitrogen and oxygen atoms in total. The summed E-state index contributed by atoms with van der Waals surface area (Å²) in [7, 11) is 0. The number of carbonyl (C=O) groups is 1. The molecular weight excluding hydrogens is 318 g/mol. The third-order valence-electron chi connectivity index (χ3n) is 4.53. The van der Waals surface area contributed by atoms with Gasteiger partial charge < -0.3 is 9.32 Å². The number of hydrogen-bond acceptors (Lipinski definition) is 4. The van der Waals surface area contributed by atoms with Crippen LogP contribution in [0.15, 0.2) is 58.0 Å². The van der Waals surface area contributed by atoms with Crippen LogP contribution in [0.25, 0.3) is 11.1 Å². The Morgan fingerprint density at radius 2 is 1.96 bits per heavy atom. The summed E-state index contributed by atoms with van der Waals surface area (Å²) in [6, 6.07) is 11.4. The van der Waals surface area contributed by atoms with E-state index in [1.807, 2.05) is 35.2 Å². The van der Waals surface area contributed by atoms with Crippen LogP contribution in [-0.2, 0) is 17.9 Å². The van der Waals surface area contributed by atoms with E-state index in [4.69, 9.17) is 4.42 Å². The van der Waals surface area contributed by atoms with Gasteiger partial charge in [0.05, 0.1) is 5.52 Å². The van der Waals surface area contributed by atoms with E-state index in [1.165, 1.54) is 4.57 Å². The minimum Gasteiger partial charge on any atom is -0.408 e. The van der Waals surface area contributed by atoms with Gasteiger partial charge in [0, 0.05) is 37.9 Å².